The van der Waals surface area contributed by atoms with E-state index >= 15 is 0 Å². The van der Waals surface area contributed by atoms with Crippen molar-refractivity contribution in [2.45, 2.75) is 16.9 Å². The molecule has 2 aromatic heterocycles. The Kier molecular flexibility index (Phi) is 4.18. The highest BCUT2D eigenvalue weighted by molar-refractivity contribution is 8.00. The summed E-state index contributed by atoms with van der Waals surface area (Å²) in [5.74, 6) is 1.72. The van der Waals surface area contributed by atoms with Gasteiger partial charge in [-0.25, -0.2) is 4.98 Å². The van der Waals surface area contributed by atoms with Gasteiger partial charge in [0.05, 0.1) is 22.3 Å². The molecule has 0 saturated carbocycles. The number of hydrogen-bond acceptors (Lipinski definition) is 5. The number of thiophene rings is 1. The van der Waals surface area contributed by atoms with Gasteiger partial charge in [-0.3, -0.25) is 4.98 Å². The molecule has 2 rings (SSSR count). The van der Waals surface area contributed by atoms with Crippen molar-refractivity contribution in [2.75, 3.05) is 11.9 Å². The van der Waals surface area contributed by atoms with E-state index in [-0.39, 0.29) is 0 Å². The number of hydrogen-bond donors (Lipinski definition) is 1. The molecule has 2 heterocycles. The maximum absolute atomic E-state index is 4.36. The summed E-state index contributed by atoms with van der Waals surface area (Å²) in [5, 5.41) is 5.21. The third-order valence-electron chi connectivity index (χ3n) is 1.92. The van der Waals surface area contributed by atoms with Crippen LogP contribution in [0.5, 0.6) is 0 Å². The lowest BCUT2D eigenvalue weighted by molar-refractivity contribution is 1.07. The van der Waals surface area contributed by atoms with Gasteiger partial charge >= 0.3 is 0 Å². The van der Waals surface area contributed by atoms with Gasteiger partial charge in [0.15, 0.2) is 0 Å². The molecule has 0 radical (unpaired) electrons. The summed E-state index contributed by atoms with van der Waals surface area (Å²) in [5.41, 5.74) is 1.01. The van der Waals surface area contributed by atoms with Crippen molar-refractivity contribution in [1.82, 2.24) is 9.97 Å². The molecule has 5 heteroatoms. The highest BCUT2D eigenvalue weighted by atomic mass is 32.2. The zero-order valence-electron chi connectivity index (χ0n) is 9.01. The molecule has 16 heavy (non-hydrogen) atoms. The zero-order chi connectivity index (χ0) is 11.2. The number of anilines is 1. The van der Waals surface area contributed by atoms with E-state index in [2.05, 4.69) is 32.8 Å². The molecule has 0 bridgehead atoms. The summed E-state index contributed by atoms with van der Waals surface area (Å²) in [6.45, 7) is 2.92. The average Bonchev–Trinajstić information content (AvgIpc) is 2.82. The van der Waals surface area contributed by atoms with Crippen LogP contribution < -0.4 is 5.32 Å². The molecular formula is C11H13N3S2. The number of nitrogens with one attached hydrogen (secondary N) is 1. The molecular weight excluding hydrogens is 238 g/mol. The highest BCUT2D eigenvalue weighted by Gasteiger charge is 1.99. The third kappa shape index (κ3) is 3.21. The Balaban J connectivity index is 1.90. The van der Waals surface area contributed by atoms with E-state index in [9.17, 15) is 0 Å². The maximum Gasteiger partial charge on any atom is 0.144 e. The summed E-state index contributed by atoms with van der Waals surface area (Å²) in [7, 11) is 0. The number of nitrogens with zero attached hydrogens (tertiary/aromatic N) is 2. The van der Waals surface area contributed by atoms with E-state index in [0.717, 1.165) is 23.8 Å². The molecule has 0 aliphatic heterocycles. The number of aromatic nitrogens is 2. The second-order valence-electron chi connectivity index (χ2n) is 3.14. The molecule has 0 spiro atoms. The predicted octanol–water partition coefficient (Wildman–Crippen LogP) is 3.26. The van der Waals surface area contributed by atoms with E-state index in [1.54, 1.807) is 29.3 Å². The molecule has 84 valence electrons. The Morgan fingerprint density at radius 1 is 1.38 bits per heavy atom. The number of rotatable bonds is 5. The second kappa shape index (κ2) is 5.86. The van der Waals surface area contributed by atoms with Gasteiger partial charge in [0.25, 0.3) is 0 Å². The average molecular weight is 251 g/mol. The van der Waals surface area contributed by atoms with Crippen LogP contribution in [0.25, 0.3) is 0 Å². The minimum Gasteiger partial charge on any atom is -0.369 e. The topological polar surface area (TPSA) is 37.8 Å². The van der Waals surface area contributed by atoms with E-state index < -0.39 is 0 Å². The monoisotopic (exact) mass is 251 g/mol. The first-order valence-corrected chi connectivity index (χ1v) is 6.96. The molecule has 0 aliphatic carbocycles. The van der Waals surface area contributed by atoms with E-state index in [0.29, 0.717) is 0 Å². The Morgan fingerprint density at radius 3 is 2.94 bits per heavy atom. The molecule has 0 amide bonds. The molecule has 0 atom stereocenters. The quantitative estimate of drug-likeness (QED) is 0.828. The van der Waals surface area contributed by atoms with Gasteiger partial charge in [-0.1, -0.05) is 6.07 Å². The predicted molar refractivity (Wildman–Crippen MR) is 70.1 cm³/mol. The van der Waals surface area contributed by atoms with Gasteiger partial charge < -0.3 is 5.32 Å². The minimum atomic E-state index is 0.840. The van der Waals surface area contributed by atoms with Crippen LogP contribution in [0.15, 0.2) is 34.1 Å². The Bertz CT molecular complexity index is 411. The first-order chi connectivity index (χ1) is 7.88. The van der Waals surface area contributed by atoms with Crippen molar-refractivity contribution in [2.24, 2.45) is 0 Å². The Morgan fingerprint density at radius 2 is 2.31 bits per heavy atom. The normalized spacial score (nSPS) is 10.3. The molecule has 0 fully saturated rings. The zero-order valence-corrected chi connectivity index (χ0v) is 10.6. The molecule has 2 aromatic rings. The van der Waals surface area contributed by atoms with Crippen LogP contribution in [0.4, 0.5) is 5.82 Å². The van der Waals surface area contributed by atoms with E-state index in [4.69, 9.17) is 0 Å². The van der Waals surface area contributed by atoms with Crippen LogP contribution in [0, 0.1) is 0 Å². The van der Waals surface area contributed by atoms with E-state index in [1.807, 2.05) is 13.1 Å². The summed E-state index contributed by atoms with van der Waals surface area (Å²) >= 11 is 3.55. The van der Waals surface area contributed by atoms with Crippen LogP contribution >= 0.6 is 23.1 Å². The first-order valence-electron chi connectivity index (χ1n) is 5.09. The Hall–Kier alpha value is -1.07. The standard InChI is InChI=1S/C11H13N3S2/c1-2-12-10-7-13-9(6-14-10)8-16-11-4-3-5-15-11/h3-7H,2,8H2,1H3,(H,12,14). The SMILES string of the molecule is CCNc1cnc(CSc2cccs2)cn1. The fourth-order valence-electron chi connectivity index (χ4n) is 1.19. The molecule has 0 saturated heterocycles. The van der Waals surface area contributed by atoms with Crippen LogP contribution in [0.3, 0.4) is 0 Å². The van der Waals surface area contributed by atoms with Gasteiger partial charge in [-0.05, 0) is 18.4 Å². The lowest BCUT2D eigenvalue weighted by Gasteiger charge is -2.02. The number of thioether (sulfide) groups is 1. The van der Waals surface area contributed by atoms with Crippen molar-refractivity contribution in [1.29, 1.82) is 0 Å². The highest BCUT2D eigenvalue weighted by Crippen LogP contribution is 2.26. The fourth-order valence-corrected chi connectivity index (χ4v) is 2.87. The van der Waals surface area contributed by atoms with E-state index in [1.165, 1.54) is 4.21 Å². The summed E-state index contributed by atoms with van der Waals surface area (Å²) < 4.78 is 1.32. The summed E-state index contributed by atoms with van der Waals surface area (Å²) in [6, 6.07) is 4.18. The molecule has 0 aromatic carbocycles. The van der Waals surface area contributed by atoms with Gasteiger partial charge in [0, 0.05) is 12.3 Å². The third-order valence-corrected chi connectivity index (χ3v) is 4.09. The van der Waals surface area contributed by atoms with Gasteiger partial charge in [-0.2, -0.15) is 0 Å². The summed E-state index contributed by atoms with van der Waals surface area (Å²) in [4.78, 5) is 8.64. The van der Waals surface area contributed by atoms with Crippen molar-refractivity contribution in [3.05, 3.63) is 35.6 Å². The first kappa shape index (κ1) is 11.4. The molecule has 0 unspecified atom stereocenters. The minimum absolute atomic E-state index is 0.840. The van der Waals surface area contributed by atoms with Gasteiger partial charge in [0.1, 0.15) is 5.82 Å². The lowest BCUT2D eigenvalue weighted by atomic mass is 10.5. The summed E-state index contributed by atoms with van der Waals surface area (Å²) in [6.07, 6.45) is 3.62. The second-order valence-corrected chi connectivity index (χ2v) is 5.37. The molecule has 1 N–H and O–H groups in total. The molecule has 0 aliphatic rings. The van der Waals surface area contributed by atoms with Crippen LogP contribution in [-0.2, 0) is 5.75 Å². The largest absolute Gasteiger partial charge is 0.369 e. The van der Waals surface area contributed by atoms with Crippen molar-refractivity contribution >= 4 is 28.9 Å². The van der Waals surface area contributed by atoms with Crippen molar-refractivity contribution in [3.8, 4) is 0 Å². The van der Waals surface area contributed by atoms with Crippen molar-refractivity contribution < 1.29 is 0 Å². The Labute approximate surface area is 103 Å². The molecule has 3 nitrogen and oxygen atoms in total. The lowest BCUT2D eigenvalue weighted by Crippen LogP contribution is -2.00. The van der Waals surface area contributed by atoms with Crippen molar-refractivity contribution in [3.63, 3.8) is 0 Å². The van der Waals surface area contributed by atoms with Crippen LogP contribution in [0.2, 0.25) is 0 Å². The van der Waals surface area contributed by atoms with Crippen LogP contribution in [0.1, 0.15) is 12.6 Å². The van der Waals surface area contributed by atoms with Gasteiger partial charge in [0.2, 0.25) is 0 Å². The van der Waals surface area contributed by atoms with Crippen LogP contribution in [-0.4, -0.2) is 16.5 Å². The van der Waals surface area contributed by atoms with Gasteiger partial charge in [-0.15, -0.1) is 23.1 Å². The maximum atomic E-state index is 4.36. The smallest absolute Gasteiger partial charge is 0.144 e. The fraction of sp³-hybridized carbons (Fsp3) is 0.273.